The molecule has 0 saturated heterocycles. The Bertz CT molecular complexity index is 861. The zero-order valence-electron chi connectivity index (χ0n) is 14.8. The van der Waals surface area contributed by atoms with Crippen molar-refractivity contribution in [3.8, 4) is 0 Å². The summed E-state index contributed by atoms with van der Waals surface area (Å²) in [7, 11) is 0. The number of carbonyl (C=O) groups is 3. The molecular formula is C21H20N2O4. The van der Waals surface area contributed by atoms with Crippen LogP contribution >= 0.6 is 0 Å². The summed E-state index contributed by atoms with van der Waals surface area (Å²) in [6.07, 6.45) is 3.78. The molecule has 0 atom stereocenters. The first-order valence-corrected chi connectivity index (χ1v) is 8.68. The lowest BCUT2D eigenvalue weighted by Crippen LogP contribution is -2.35. The van der Waals surface area contributed by atoms with Crippen LogP contribution in [0.3, 0.4) is 0 Å². The van der Waals surface area contributed by atoms with Gasteiger partial charge in [0.1, 0.15) is 6.54 Å². The van der Waals surface area contributed by atoms with E-state index in [2.05, 4.69) is 5.32 Å². The Labute approximate surface area is 157 Å². The zero-order chi connectivity index (χ0) is 19.1. The third-order valence-electron chi connectivity index (χ3n) is 4.18. The molecule has 0 aliphatic carbocycles. The molecule has 0 radical (unpaired) electrons. The van der Waals surface area contributed by atoms with Gasteiger partial charge in [0.15, 0.2) is 6.61 Å². The van der Waals surface area contributed by atoms with Crippen molar-refractivity contribution in [2.75, 3.05) is 24.6 Å². The first-order valence-electron chi connectivity index (χ1n) is 8.68. The Morgan fingerprint density at radius 1 is 1.04 bits per heavy atom. The molecule has 6 heteroatoms. The van der Waals surface area contributed by atoms with Gasteiger partial charge >= 0.3 is 5.97 Å². The topological polar surface area (TPSA) is 75.7 Å². The molecule has 138 valence electrons. The number of ether oxygens (including phenoxy) is 1. The molecule has 1 aliphatic rings. The number of anilines is 1. The van der Waals surface area contributed by atoms with Crippen LogP contribution in [0.5, 0.6) is 0 Å². The lowest BCUT2D eigenvalue weighted by atomic mass is 10.2. The fraction of sp³-hybridized carbons (Fsp3) is 0.190. The van der Waals surface area contributed by atoms with Gasteiger partial charge in [-0.3, -0.25) is 14.4 Å². The number of hydrogen-bond donors (Lipinski definition) is 1. The third kappa shape index (κ3) is 5.04. The van der Waals surface area contributed by atoms with E-state index in [0.29, 0.717) is 6.54 Å². The molecule has 1 aliphatic heterocycles. The van der Waals surface area contributed by atoms with Crippen LogP contribution in [0.2, 0.25) is 0 Å². The van der Waals surface area contributed by atoms with Crippen molar-refractivity contribution in [2.45, 2.75) is 6.42 Å². The van der Waals surface area contributed by atoms with Crippen LogP contribution in [0.4, 0.5) is 5.69 Å². The van der Waals surface area contributed by atoms with Gasteiger partial charge < -0.3 is 15.0 Å². The van der Waals surface area contributed by atoms with E-state index in [1.54, 1.807) is 11.0 Å². The molecule has 1 N–H and O–H groups in total. The number of carbonyl (C=O) groups excluding carboxylic acids is 3. The number of benzene rings is 2. The van der Waals surface area contributed by atoms with Crippen molar-refractivity contribution in [1.29, 1.82) is 0 Å². The van der Waals surface area contributed by atoms with E-state index < -0.39 is 11.9 Å². The molecule has 2 aromatic rings. The van der Waals surface area contributed by atoms with Crippen LogP contribution < -0.4 is 10.2 Å². The van der Waals surface area contributed by atoms with Gasteiger partial charge in [-0.05, 0) is 29.7 Å². The molecule has 0 saturated carbocycles. The normalized spacial score (nSPS) is 12.7. The van der Waals surface area contributed by atoms with Crippen molar-refractivity contribution < 1.29 is 19.1 Å². The van der Waals surface area contributed by atoms with Crippen LogP contribution in [0, 0.1) is 0 Å². The number of fused-ring (bicyclic) bond motifs is 1. The molecular weight excluding hydrogens is 344 g/mol. The highest BCUT2D eigenvalue weighted by atomic mass is 16.5. The van der Waals surface area contributed by atoms with Crippen LogP contribution in [-0.4, -0.2) is 37.5 Å². The van der Waals surface area contributed by atoms with Gasteiger partial charge in [0, 0.05) is 18.3 Å². The summed E-state index contributed by atoms with van der Waals surface area (Å²) in [5.74, 6) is -1.34. The lowest BCUT2D eigenvalue weighted by Gasteiger charge is -2.17. The smallest absolute Gasteiger partial charge is 0.325 e. The number of para-hydroxylation sites is 1. The molecule has 0 spiro atoms. The second-order valence-electron chi connectivity index (χ2n) is 6.05. The molecule has 3 rings (SSSR count). The Kier molecular flexibility index (Phi) is 5.99. The maximum Gasteiger partial charge on any atom is 0.325 e. The largest absolute Gasteiger partial charge is 0.454 e. The number of nitrogens with one attached hydrogen (secondary N) is 1. The van der Waals surface area contributed by atoms with Gasteiger partial charge in [0.05, 0.1) is 0 Å². The predicted molar refractivity (Wildman–Crippen MR) is 102 cm³/mol. The molecule has 0 unspecified atom stereocenters. The summed E-state index contributed by atoms with van der Waals surface area (Å²) < 4.78 is 4.98. The minimum Gasteiger partial charge on any atom is -0.454 e. The Morgan fingerprint density at radius 2 is 1.78 bits per heavy atom. The second-order valence-corrected chi connectivity index (χ2v) is 6.05. The van der Waals surface area contributed by atoms with Crippen LogP contribution in [0.1, 0.15) is 11.1 Å². The van der Waals surface area contributed by atoms with E-state index in [1.807, 2.05) is 54.6 Å². The Hall–Kier alpha value is -3.41. The fourth-order valence-electron chi connectivity index (χ4n) is 2.82. The summed E-state index contributed by atoms with van der Waals surface area (Å²) >= 11 is 0. The van der Waals surface area contributed by atoms with Crippen molar-refractivity contribution in [3.05, 3.63) is 71.8 Å². The summed E-state index contributed by atoms with van der Waals surface area (Å²) in [4.78, 5) is 37.4. The summed E-state index contributed by atoms with van der Waals surface area (Å²) in [6, 6.07) is 17.0. The van der Waals surface area contributed by atoms with Gasteiger partial charge in [0.2, 0.25) is 5.91 Å². The van der Waals surface area contributed by atoms with Crippen molar-refractivity contribution in [2.24, 2.45) is 0 Å². The van der Waals surface area contributed by atoms with Gasteiger partial charge in [-0.1, -0.05) is 48.5 Å². The predicted octanol–water partition coefficient (Wildman–Crippen LogP) is 1.95. The number of rotatable bonds is 6. The van der Waals surface area contributed by atoms with E-state index in [0.717, 1.165) is 23.2 Å². The monoisotopic (exact) mass is 364 g/mol. The van der Waals surface area contributed by atoms with E-state index in [-0.39, 0.29) is 19.1 Å². The Balaban J connectivity index is 1.40. The minimum absolute atomic E-state index is 0.274. The number of esters is 1. The standard InChI is InChI=1S/C21H20N2O4/c24-19(11-10-16-6-2-1-3-7-16)22-14-21(26)27-15-20(25)23-13-12-17-8-4-5-9-18(17)23/h1-11H,12-15H2,(H,22,24)/b11-10+. The van der Waals surface area contributed by atoms with Gasteiger partial charge in [-0.25, -0.2) is 0 Å². The highest BCUT2D eigenvalue weighted by Gasteiger charge is 2.24. The molecule has 2 aromatic carbocycles. The van der Waals surface area contributed by atoms with Crippen molar-refractivity contribution >= 4 is 29.5 Å². The lowest BCUT2D eigenvalue weighted by molar-refractivity contribution is -0.147. The van der Waals surface area contributed by atoms with Crippen molar-refractivity contribution in [3.63, 3.8) is 0 Å². The van der Waals surface area contributed by atoms with Crippen LogP contribution in [0.25, 0.3) is 6.08 Å². The average Bonchev–Trinajstić information content (AvgIpc) is 3.14. The summed E-state index contributed by atoms with van der Waals surface area (Å²) in [5.41, 5.74) is 2.85. The molecule has 0 fully saturated rings. The Morgan fingerprint density at radius 3 is 2.59 bits per heavy atom. The number of hydrogen-bond acceptors (Lipinski definition) is 4. The second kappa shape index (κ2) is 8.80. The van der Waals surface area contributed by atoms with E-state index >= 15 is 0 Å². The molecule has 1 heterocycles. The first-order chi connectivity index (χ1) is 13.1. The van der Waals surface area contributed by atoms with Crippen LogP contribution in [-0.2, 0) is 25.5 Å². The summed E-state index contributed by atoms with van der Waals surface area (Å²) in [6.45, 7) is -0.0541. The van der Waals surface area contributed by atoms with Crippen LogP contribution in [0.15, 0.2) is 60.7 Å². The minimum atomic E-state index is -0.655. The SMILES string of the molecule is O=C(/C=C/c1ccccc1)NCC(=O)OCC(=O)N1CCc2ccccc21. The number of amides is 2. The highest BCUT2D eigenvalue weighted by molar-refractivity contribution is 5.97. The van der Waals surface area contributed by atoms with Crippen molar-refractivity contribution in [1.82, 2.24) is 5.32 Å². The summed E-state index contributed by atoms with van der Waals surface area (Å²) in [5, 5.41) is 2.44. The van der Waals surface area contributed by atoms with Gasteiger partial charge in [-0.2, -0.15) is 0 Å². The molecule has 0 bridgehead atoms. The van der Waals surface area contributed by atoms with E-state index in [9.17, 15) is 14.4 Å². The van der Waals surface area contributed by atoms with E-state index in [1.165, 1.54) is 6.08 Å². The molecule has 27 heavy (non-hydrogen) atoms. The van der Waals surface area contributed by atoms with Gasteiger partial charge in [0.25, 0.3) is 5.91 Å². The molecule has 6 nitrogen and oxygen atoms in total. The number of nitrogens with zero attached hydrogens (tertiary/aromatic N) is 1. The third-order valence-corrected chi connectivity index (χ3v) is 4.18. The highest BCUT2D eigenvalue weighted by Crippen LogP contribution is 2.27. The maximum atomic E-state index is 12.3. The van der Waals surface area contributed by atoms with Gasteiger partial charge in [-0.15, -0.1) is 0 Å². The molecule has 0 aromatic heterocycles. The quantitative estimate of drug-likeness (QED) is 0.628. The van der Waals surface area contributed by atoms with E-state index in [4.69, 9.17) is 4.74 Å². The first kappa shape index (κ1) is 18.4. The average molecular weight is 364 g/mol. The zero-order valence-corrected chi connectivity index (χ0v) is 14.8. The molecule has 2 amide bonds. The fourth-order valence-corrected chi connectivity index (χ4v) is 2.82. The maximum absolute atomic E-state index is 12.3.